The van der Waals surface area contributed by atoms with E-state index in [0.717, 1.165) is 0 Å². The number of nitrogens with zero attached hydrogens (tertiary/aromatic N) is 1. The highest BCUT2D eigenvalue weighted by molar-refractivity contribution is 6.31. The molecule has 0 unspecified atom stereocenters. The molecule has 0 atom stereocenters. The van der Waals surface area contributed by atoms with Crippen molar-refractivity contribution in [1.82, 2.24) is 0 Å². The van der Waals surface area contributed by atoms with E-state index >= 15 is 0 Å². The van der Waals surface area contributed by atoms with Gasteiger partial charge in [0.15, 0.2) is 5.78 Å². The number of ketones is 1. The fourth-order valence-electron chi connectivity index (χ4n) is 2.94. The minimum absolute atomic E-state index is 0.100. The molecule has 1 aromatic heterocycles. The van der Waals surface area contributed by atoms with Crippen molar-refractivity contribution in [2.75, 3.05) is 0 Å². The average molecular weight is 404 g/mol. The molecule has 0 saturated carbocycles. The van der Waals surface area contributed by atoms with Gasteiger partial charge in [-0.1, -0.05) is 54.1 Å². The smallest absolute Gasteiger partial charge is 0.348 e. The number of para-hydroxylation sites is 1. The number of carbonyl (C=O) groups excluding carboxylic acids is 1. The number of aliphatic imine (C=N–C) groups is 1. The van der Waals surface area contributed by atoms with E-state index in [4.69, 9.17) is 16.0 Å². The first-order valence-electron chi connectivity index (χ1n) is 8.73. The standard InChI is InChI=1S/C23H14ClNO4/c24-15-10-11-19(17(12-15)21(26)14-6-2-1-3-7-14)25-13-18-22(27)16-8-4-5-9-20(16)29-23(18)28/h1-13,27H. The lowest BCUT2D eigenvalue weighted by atomic mass is 10.0. The maximum Gasteiger partial charge on any atom is 0.348 e. The summed E-state index contributed by atoms with van der Waals surface area (Å²) in [5.41, 5.74) is 0.532. The summed E-state index contributed by atoms with van der Waals surface area (Å²) in [6.45, 7) is 0. The Hall–Kier alpha value is -3.70. The van der Waals surface area contributed by atoms with Crippen LogP contribution in [0.5, 0.6) is 5.75 Å². The molecule has 1 N–H and O–H groups in total. The van der Waals surface area contributed by atoms with E-state index in [9.17, 15) is 14.7 Å². The molecule has 4 aromatic rings. The second-order valence-corrected chi connectivity index (χ2v) is 6.70. The fourth-order valence-corrected chi connectivity index (χ4v) is 3.12. The predicted molar refractivity (Wildman–Crippen MR) is 113 cm³/mol. The Morgan fingerprint density at radius 1 is 1.00 bits per heavy atom. The number of hydrogen-bond donors (Lipinski definition) is 1. The lowest BCUT2D eigenvalue weighted by Gasteiger charge is -2.06. The number of aromatic hydroxyl groups is 1. The van der Waals surface area contributed by atoms with Crippen LogP contribution < -0.4 is 5.63 Å². The van der Waals surface area contributed by atoms with Crippen molar-refractivity contribution in [3.63, 3.8) is 0 Å². The van der Waals surface area contributed by atoms with Crippen molar-refractivity contribution < 1.29 is 14.3 Å². The van der Waals surface area contributed by atoms with E-state index in [1.165, 1.54) is 12.3 Å². The van der Waals surface area contributed by atoms with Gasteiger partial charge in [-0.15, -0.1) is 0 Å². The molecule has 142 valence electrons. The third-order valence-electron chi connectivity index (χ3n) is 4.39. The first-order valence-corrected chi connectivity index (χ1v) is 9.10. The quantitative estimate of drug-likeness (QED) is 0.291. The fraction of sp³-hybridized carbons (Fsp3) is 0. The monoisotopic (exact) mass is 403 g/mol. The lowest BCUT2D eigenvalue weighted by molar-refractivity contribution is 0.103. The molecule has 0 radical (unpaired) electrons. The number of hydrogen-bond acceptors (Lipinski definition) is 5. The molecule has 0 aliphatic rings. The Kier molecular flexibility index (Phi) is 4.97. The molecule has 1 heterocycles. The minimum Gasteiger partial charge on any atom is -0.506 e. The highest BCUT2D eigenvalue weighted by Crippen LogP contribution is 2.28. The molecular weight excluding hydrogens is 390 g/mol. The molecule has 0 fully saturated rings. The molecule has 0 bridgehead atoms. The molecule has 0 aliphatic heterocycles. The summed E-state index contributed by atoms with van der Waals surface area (Å²) in [5, 5.41) is 11.2. The van der Waals surface area contributed by atoms with Crippen molar-refractivity contribution in [3.05, 3.63) is 105 Å². The van der Waals surface area contributed by atoms with Crippen molar-refractivity contribution in [2.45, 2.75) is 0 Å². The zero-order valence-corrected chi connectivity index (χ0v) is 15.8. The largest absolute Gasteiger partial charge is 0.506 e. The van der Waals surface area contributed by atoms with Crippen LogP contribution in [0.2, 0.25) is 5.02 Å². The Labute approximate surface area is 170 Å². The van der Waals surface area contributed by atoms with Gasteiger partial charge in [0.25, 0.3) is 0 Å². The lowest BCUT2D eigenvalue weighted by Crippen LogP contribution is -2.07. The van der Waals surface area contributed by atoms with Gasteiger partial charge in [0, 0.05) is 22.4 Å². The average Bonchev–Trinajstić information content (AvgIpc) is 2.74. The summed E-state index contributed by atoms with van der Waals surface area (Å²) in [5.74, 6) is -0.486. The first-order chi connectivity index (χ1) is 14.0. The van der Waals surface area contributed by atoms with E-state index in [0.29, 0.717) is 21.7 Å². The molecular formula is C23H14ClNO4. The summed E-state index contributed by atoms with van der Waals surface area (Å²) in [7, 11) is 0. The number of rotatable bonds is 4. The second-order valence-electron chi connectivity index (χ2n) is 6.26. The normalized spacial score (nSPS) is 11.2. The van der Waals surface area contributed by atoms with Gasteiger partial charge in [0.05, 0.1) is 11.1 Å². The van der Waals surface area contributed by atoms with Gasteiger partial charge in [-0.05, 0) is 30.3 Å². The Morgan fingerprint density at radius 3 is 2.52 bits per heavy atom. The van der Waals surface area contributed by atoms with Crippen LogP contribution in [0.4, 0.5) is 5.69 Å². The SMILES string of the molecule is O=C(c1ccccc1)c1cc(Cl)ccc1N=Cc1c(O)c2ccccc2oc1=O. The van der Waals surface area contributed by atoms with Crippen LogP contribution in [0.25, 0.3) is 11.0 Å². The Morgan fingerprint density at radius 2 is 1.72 bits per heavy atom. The molecule has 29 heavy (non-hydrogen) atoms. The molecule has 0 spiro atoms. The molecule has 3 aromatic carbocycles. The number of carbonyl (C=O) groups is 1. The van der Waals surface area contributed by atoms with Crippen LogP contribution in [-0.2, 0) is 0 Å². The number of halogens is 1. The van der Waals surface area contributed by atoms with Crippen LogP contribution in [0.15, 0.2) is 87.0 Å². The van der Waals surface area contributed by atoms with Gasteiger partial charge in [-0.2, -0.15) is 0 Å². The summed E-state index contributed by atoms with van der Waals surface area (Å²) in [4.78, 5) is 29.4. The zero-order valence-electron chi connectivity index (χ0n) is 15.0. The zero-order chi connectivity index (χ0) is 20.4. The van der Waals surface area contributed by atoms with Crippen LogP contribution in [0, 0.1) is 0 Å². The van der Waals surface area contributed by atoms with Gasteiger partial charge in [-0.25, -0.2) is 4.79 Å². The maximum absolute atomic E-state index is 12.9. The van der Waals surface area contributed by atoms with Crippen LogP contribution in [-0.4, -0.2) is 17.1 Å². The summed E-state index contributed by atoms with van der Waals surface area (Å²) < 4.78 is 5.23. The highest BCUT2D eigenvalue weighted by atomic mass is 35.5. The first kappa shape index (κ1) is 18.7. The van der Waals surface area contributed by atoms with E-state index in [1.807, 2.05) is 6.07 Å². The van der Waals surface area contributed by atoms with Gasteiger partial charge >= 0.3 is 5.63 Å². The third kappa shape index (κ3) is 3.68. The minimum atomic E-state index is -0.727. The third-order valence-corrected chi connectivity index (χ3v) is 4.63. The van der Waals surface area contributed by atoms with Crippen LogP contribution >= 0.6 is 11.6 Å². The molecule has 0 aliphatic carbocycles. The highest BCUT2D eigenvalue weighted by Gasteiger charge is 2.15. The maximum atomic E-state index is 12.9. The summed E-state index contributed by atoms with van der Waals surface area (Å²) in [6, 6.07) is 20.1. The van der Waals surface area contributed by atoms with Gasteiger partial charge in [0.1, 0.15) is 16.9 Å². The molecule has 6 heteroatoms. The van der Waals surface area contributed by atoms with Gasteiger partial charge in [0.2, 0.25) is 0 Å². The van der Waals surface area contributed by atoms with Crippen LogP contribution in [0.3, 0.4) is 0 Å². The Bertz CT molecular complexity index is 1310. The van der Waals surface area contributed by atoms with Crippen molar-refractivity contribution in [3.8, 4) is 5.75 Å². The molecule has 0 saturated heterocycles. The molecule has 5 nitrogen and oxygen atoms in total. The number of benzene rings is 3. The predicted octanol–water partition coefficient (Wildman–Crippen LogP) is 5.13. The Balaban J connectivity index is 1.80. The van der Waals surface area contributed by atoms with E-state index < -0.39 is 5.63 Å². The van der Waals surface area contributed by atoms with Crippen molar-refractivity contribution in [2.24, 2.45) is 4.99 Å². The van der Waals surface area contributed by atoms with Gasteiger partial charge < -0.3 is 9.52 Å². The summed E-state index contributed by atoms with van der Waals surface area (Å²) >= 11 is 6.07. The van der Waals surface area contributed by atoms with Gasteiger partial charge in [-0.3, -0.25) is 9.79 Å². The van der Waals surface area contributed by atoms with E-state index in [1.54, 1.807) is 60.7 Å². The van der Waals surface area contributed by atoms with E-state index in [-0.39, 0.29) is 28.2 Å². The number of fused-ring (bicyclic) bond motifs is 1. The summed E-state index contributed by atoms with van der Waals surface area (Å²) in [6.07, 6.45) is 1.19. The topological polar surface area (TPSA) is 79.9 Å². The van der Waals surface area contributed by atoms with E-state index in [2.05, 4.69) is 4.99 Å². The molecule has 0 amide bonds. The van der Waals surface area contributed by atoms with Crippen LogP contribution in [0.1, 0.15) is 21.5 Å². The molecule has 4 rings (SSSR count). The second kappa shape index (κ2) is 7.73. The van der Waals surface area contributed by atoms with Crippen molar-refractivity contribution >= 4 is 40.3 Å². The van der Waals surface area contributed by atoms with Crippen molar-refractivity contribution in [1.29, 1.82) is 0 Å².